The van der Waals surface area contributed by atoms with E-state index >= 15 is 0 Å². The molecule has 0 amide bonds. The summed E-state index contributed by atoms with van der Waals surface area (Å²) in [5.41, 5.74) is 7.09. The molecule has 1 aromatic rings. The maximum absolute atomic E-state index is 5.97. The summed E-state index contributed by atoms with van der Waals surface area (Å²) >= 11 is 3.61. The third-order valence-corrected chi connectivity index (χ3v) is 4.11. The van der Waals surface area contributed by atoms with Crippen LogP contribution in [0.2, 0.25) is 0 Å². The maximum Gasteiger partial charge on any atom is 0.191 e. The molecule has 110 valence electrons. The van der Waals surface area contributed by atoms with Crippen molar-refractivity contribution < 1.29 is 9.47 Å². The molecule has 1 aliphatic rings. The lowest BCUT2D eigenvalue weighted by molar-refractivity contribution is 0.337. The van der Waals surface area contributed by atoms with E-state index in [0.29, 0.717) is 24.0 Å². The van der Waals surface area contributed by atoms with Gasteiger partial charge in [-0.2, -0.15) is 0 Å². The number of nitrogens with zero attached hydrogens (tertiary/aromatic N) is 2. The summed E-state index contributed by atoms with van der Waals surface area (Å²) in [7, 11) is 3.27. The minimum absolute atomic E-state index is 0.143. The molecule has 0 radical (unpaired) electrons. The fourth-order valence-electron chi connectivity index (χ4n) is 2.43. The van der Waals surface area contributed by atoms with Gasteiger partial charge in [0.2, 0.25) is 0 Å². The van der Waals surface area contributed by atoms with Gasteiger partial charge in [-0.15, -0.1) is 0 Å². The van der Waals surface area contributed by atoms with Crippen LogP contribution in [0.25, 0.3) is 0 Å². The Kier molecular flexibility index (Phi) is 4.75. The van der Waals surface area contributed by atoms with E-state index in [4.69, 9.17) is 15.2 Å². The summed E-state index contributed by atoms with van der Waals surface area (Å²) in [5.74, 6) is 2.03. The van der Waals surface area contributed by atoms with E-state index in [-0.39, 0.29) is 6.04 Å². The highest BCUT2D eigenvalue weighted by Gasteiger charge is 2.29. The van der Waals surface area contributed by atoms with Gasteiger partial charge in [0.1, 0.15) is 0 Å². The Morgan fingerprint density at radius 3 is 2.60 bits per heavy atom. The Balaban J connectivity index is 2.37. The van der Waals surface area contributed by atoms with Crippen LogP contribution in [-0.4, -0.2) is 38.2 Å². The fourth-order valence-corrected chi connectivity index (χ4v) is 3.02. The van der Waals surface area contributed by atoms with Crippen molar-refractivity contribution in [3.63, 3.8) is 0 Å². The van der Waals surface area contributed by atoms with Crippen molar-refractivity contribution in [2.24, 2.45) is 10.7 Å². The van der Waals surface area contributed by atoms with Crippen molar-refractivity contribution in [3.8, 4) is 11.5 Å². The summed E-state index contributed by atoms with van der Waals surface area (Å²) in [6, 6.07) is 4.06. The third kappa shape index (κ3) is 2.70. The standard InChI is InChI=1S/C14H20BrN3O2/c1-4-5-18-11(8-17-14(18)16)9-6-12(19-2)13(20-3)7-10(9)15/h6-7,11H,4-5,8H2,1-3H3,(H2,16,17). The lowest BCUT2D eigenvalue weighted by atomic mass is 10.1. The van der Waals surface area contributed by atoms with Crippen LogP contribution in [0.5, 0.6) is 11.5 Å². The highest BCUT2D eigenvalue weighted by molar-refractivity contribution is 9.10. The van der Waals surface area contributed by atoms with Crippen LogP contribution in [-0.2, 0) is 0 Å². The van der Waals surface area contributed by atoms with Crippen LogP contribution in [0.15, 0.2) is 21.6 Å². The molecule has 1 aliphatic heterocycles. The zero-order valence-electron chi connectivity index (χ0n) is 12.0. The van der Waals surface area contributed by atoms with Crippen molar-refractivity contribution in [1.82, 2.24) is 4.90 Å². The first-order valence-electron chi connectivity index (χ1n) is 6.60. The summed E-state index contributed by atoms with van der Waals surface area (Å²) in [6.45, 7) is 3.69. The Bertz CT molecular complexity index is 519. The second-order valence-corrected chi connectivity index (χ2v) is 5.49. The maximum atomic E-state index is 5.97. The Morgan fingerprint density at radius 1 is 1.35 bits per heavy atom. The average Bonchev–Trinajstić information content (AvgIpc) is 2.80. The topological polar surface area (TPSA) is 60.1 Å². The van der Waals surface area contributed by atoms with E-state index in [1.54, 1.807) is 14.2 Å². The van der Waals surface area contributed by atoms with Gasteiger partial charge in [0.25, 0.3) is 0 Å². The first-order valence-corrected chi connectivity index (χ1v) is 7.39. The number of methoxy groups -OCH3 is 2. The molecule has 1 atom stereocenters. The Labute approximate surface area is 127 Å². The average molecular weight is 342 g/mol. The van der Waals surface area contributed by atoms with E-state index in [1.807, 2.05) is 12.1 Å². The number of guanidine groups is 1. The first kappa shape index (κ1) is 15.0. The number of hydrogen-bond acceptors (Lipinski definition) is 5. The van der Waals surface area contributed by atoms with Crippen molar-refractivity contribution in [2.45, 2.75) is 19.4 Å². The van der Waals surface area contributed by atoms with E-state index < -0.39 is 0 Å². The minimum Gasteiger partial charge on any atom is -0.493 e. The van der Waals surface area contributed by atoms with Gasteiger partial charge in [-0.05, 0) is 24.1 Å². The van der Waals surface area contributed by atoms with Crippen LogP contribution in [0.3, 0.4) is 0 Å². The third-order valence-electron chi connectivity index (χ3n) is 3.42. The monoisotopic (exact) mass is 341 g/mol. The fraction of sp³-hybridized carbons (Fsp3) is 0.500. The van der Waals surface area contributed by atoms with Crippen LogP contribution >= 0.6 is 15.9 Å². The molecule has 0 fully saturated rings. The zero-order chi connectivity index (χ0) is 14.7. The number of aliphatic imine (C=N–C) groups is 1. The van der Waals surface area contributed by atoms with E-state index in [2.05, 4.69) is 32.7 Å². The summed E-state index contributed by atoms with van der Waals surface area (Å²) in [6.07, 6.45) is 1.03. The molecule has 6 heteroatoms. The van der Waals surface area contributed by atoms with Gasteiger partial charge in [0.05, 0.1) is 26.8 Å². The van der Waals surface area contributed by atoms with Gasteiger partial charge >= 0.3 is 0 Å². The summed E-state index contributed by atoms with van der Waals surface area (Å²) in [4.78, 5) is 6.49. The normalized spacial score (nSPS) is 18.1. The van der Waals surface area contributed by atoms with Crippen molar-refractivity contribution in [2.75, 3.05) is 27.3 Å². The van der Waals surface area contributed by atoms with Gasteiger partial charge in [0.15, 0.2) is 17.5 Å². The van der Waals surface area contributed by atoms with Crippen molar-refractivity contribution in [3.05, 3.63) is 22.2 Å². The smallest absolute Gasteiger partial charge is 0.191 e. The van der Waals surface area contributed by atoms with Gasteiger partial charge < -0.3 is 20.1 Å². The molecule has 1 aromatic carbocycles. The quantitative estimate of drug-likeness (QED) is 0.893. The molecule has 1 unspecified atom stereocenters. The Morgan fingerprint density at radius 2 is 2.00 bits per heavy atom. The predicted molar refractivity (Wildman–Crippen MR) is 83.5 cm³/mol. The molecule has 0 spiro atoms. The Hall–Kier alpha value is -1.43. The molecule has 2 rings (SSSR count). The van der Waals surface area contributed by atoms with Crippen LogP contribution < -0.4 is 15.2 Å². The molecule has 0 saturated heterocycles. The van der Waals surface area contributed by atoms with Gasteiger partial charge in [-0.25, -0.2) is 0 Å². The molecule has 5 nitrogen and oxygen atoms in total. The molecule has 20 heavy (non-hydrogen) atoms. The second kappa shape index (κ2) is 6.35. The number of rotatable bonds is 5. The lowest BCUT2D eigenvalue weighted by Gasteiger charge is -2.27. The molecule has 0 bridgehead atoms. The number of benzene rings is 1. The first-order chi connectivity index (χ1) is 9.62. The second-order valence-electron chi connectivity index (χ2n) is 4.64. The zero-order valence-corrected chi connectivity index (χ0v) is 13.6. The van der Waals surface area contributed by atoms with E-state index in [9.17, 15) is 0 Å². The molecule has 0 aliphatic carbocycles. The number of ether oxygens (including phenoxy) is 2. The van der Waals surface area contributed by atoms with E-state index in [1.165, 1.54) is 0 Å². The molecular formula is C14H20BrN3O2. The molecule has 1 heterocycles. The van der Waals surface area contributed by atoms with Crippen molar-refractivity contribution >= 4 is 21.9 Å². The number of hydrogen-bond donors (Lipinski definition) is 1. The van der Waals surface area contributed by atoms with Crippen molar-refractivity contribution in [1.29, 1.82) is 0 Å². The highest BCUT2D eigenvalue weighted by Crippen LogP contribution is 2.39. The SMILES string of the molecule is CCCN1C(N)=NCC1c1cc(OC)c(OC)cc1Br. The van der Waals surface area contributed by atoms with Gasteiger partial charge in [0, 0.05) is 11.0 Å². The molecule has 2 N–H and O–H groups in total. The lowest BCUT2D eigenvalue weighted by Crippen LogP contribution is -2.36. The predicted octanol–water partition coefficient (Wildman–Crippen LogP) is 2.55. The molecule has 0 saturated carbocycles. The molecule has 0 aromatic heterocycles. The van der Waals surface area contributed by atoms with E-state index in [0.717, 1.165) is 23.0 Å². The number of halogens is 1. The minimum atomic E-state index is 0.143. The van der Waals surface area contributed by atoms with Crippen LogP contribution in [0.4, 0.5) is 0 Å². The largest absolute Gasteiger partial charge is 0.493 e. The van der Waals surface area contributed by atoms with Crippen LogP contribution in [0.1, 0.15) is 24.9 Å². The van der Waals surface area contributed by atoms with Crippen LogP contribution in [0, 0.1) is 0 Å². The van der Waals surface area contributed by atoms with Gasteiger partial charge in [-0.1, -0.05) is 22.9 Å². The highest BCUT2D eigenvalue weighted by atomic mass is 79.9. The van der Waals surface area contributed by atoms with Gasteiger partial charge in [-0.3, -0.25) is 4.99 Å². The molecular weight excluding hydrogens is 322 g/mol. The number of nitrogens with two attached hydrogens (primary N) is 1. The summed E-state index contributed by atoms with van der Waals surface area (Å²) in [5, 5.41) is 0. The summed E-state index contributed by atoms with van der Waals surface area (Å²) < 4.78 is 11.7.